The third-order valence-electron chi connectivity index (χ3n) is 4.90. The summed E-state index contributed by atoms with van der Waals surface area (Å²) in [4.78, 5) is 49.7. The molecule has 0 saturated carbocycles. The molecule has 0 radical (unpaired) electrons. The summed E-state index contributed by atoms with van der Waals surface area (Å²) in [5.74, 6) is -2.48. The van der Waals surface area contributed by atoms with E-state index in [1.807, 2.05) is 31.2 Å². The molecule has 0 bridgehead atoms. The van der Waals surface area contributed by atoms with Gasteiger partial charge in [-0.3, -0.25) is 19.2 Å². The molecule has 156 valence electrons. The fraction of sp³-hybridized carbons (Fsp3) is 0.273. The minimum atomic E-state index is -1.04. The van der Waals surface area contributed by atoms with Gasteiger partial charge in [0.2, 0.25) is 11.8 Å². The monoisotopic (exact) mass is 409 g/mol. The first-order valence-corrected chi connectivity index (χ1v) is 9.53. The molecule has 2 atom stereocenters. The zero-order valence-electron chi connectivity index (χ0n) is 16.8. The van der Waals surface area contributed by atoms with Crippen LogP contribution in [0.25, 0.3) is 0 Å². The lowest BCUT2D eigenvalue weighted by atomic mass is 10.1. The van der Waals surface area contributed by atoms with Crippen molar-refractivity contribution >= 4 is 35.1 Å². The number of ether oxygens (including phenoxy) is 1. The van der Waals surface area contributed by atoms with Crippen LogP contribution in [0.3, 0.4) is 0 Å². The Hall–Kier alpha value is -3.68. The molecule has 30 heavy (non-hydrogen) atoms. The van der Waals surface area contributed by atoms with Crippen molar-refractivity contribution in [2.75, 3.05) is 16.8 Å². The molecule has 3 N–H and O–H groups in total. The maximum atomic E-state index is 12.5. The molecule has 1 saturated heterocycles. The van der Waals surface area contributed by atoms with Crippen molar-refractivity contribution in [3.63, 3.8) is 0 Å². The van der Waals surface area contributed by atoms with Crippen LogP contribution >= 0.6 is 0 Å². The number of carbonyl (C=O) groups is 4. The van der Waals surface area contributed by atoms with Gasteiger partial charge >= 0.3 is 5.97 Å². The van der Waals surface area contributed by atoms with E-state index < -0.39 is 29.8 Å². The van der Waals surface area contributed by atoms with Gasteiger partial charge in [-0.2, -0.15) is 0 Å². The standard InChI is InChI=1S/C22H23N3O5/c1-13-3-9-18(10-4-13)25-12-16(11-19(25)26)22(29)30-14(2)21(28)24-17-7-5-15(6-8-17)20(23)27/h3-10,14,16H,11-12H2,1-2H3,(H2,23,27)(H,24,28)/t14-,16+/m1/s1. The SMILES string of the molecule is Cc1ccc(N2C[C@@H](C(=O)O[C@H](C)C(=O)Nc3ccc(C(N)=O)cc3)CC2=O)cc1. The average molecular weight is 409 g/mol. The Morgan fingerprint density at radius 1 is 1.10 bits per heavy atom. The van der Waals surface area contributed by atoms with Crippen molar-refractivity contribution in [3.8, 4) is 0 Å². The van der Waals surface area contributed by atoms with E-state index in [-0.39, 0.29) is 18.9 Å². The molecular weight excluding hydrogens is 386 g/mol. The van der Waals surface area contributed by atoms with Crippen LogP contribution in [0.5, 0.6) is 0 Å². The summed E-state index contributed by atoms with van der Waals surface area (Å²) in [6.45, 7) is 3.62. The maximum Gasteiger partial charge on any atom is 0.312 e. The number of anilines is 2. The Labute approximate surface area is 174 Å². The van der Waals surface area contributed by atoms with Crippen molar-refractivity contribution in [2.24, 2.45) is 11.7 Å². The van der Waals surface area contributed by atoms with Crippen molar-refractivity contribution in [1.82, 2.24) is 0 Å². The van der Waals surface area contributed by atoms with Crippen LogP contribution in [0, 0.1) is 12.8 Å². The number of amides is 3. The molecule has 0 unspecified atom stereocenters. The topological polar surface area (TPSA) is 119 Å². The smallest absolute Gasteiger partial charge is 0.312 e. The second-order valence-electron chi connectivity index (χ2n) is 7.25. The molecule has 3 rings (SSSR count). The first kappa shape index (κ1) is 21.0. The largest absolute Gasteiger partial charge is 0.452 e. The van der Waals surface area contributed by atoms with Crippen molar-refractivity contribution in [1.29, 1.82) is 0 Å². The van der Waals surface area contributed by atoms with E-state index in [4.69, 9.17) is 10.5 Å². The first-order chi connectivity index (χ1) is 14.2. The molecule has 1 aliphatic heterocycles. The zero-order chi connectivity index (χ0) is 21.8. The first-order valence-electron chi connectivity index (χ1n) is 9.53. The zero-order valence-corrected chi connectivity index (χ0v) is 16.8. The van der Waals surface area contributed by atoms with Gasteiger partial charge in [0.05, 0.1) is 5.92 Å². The molecule has 0 aliphatic carbocycles. The molecule has 3 amide bonds. The number of nitrogens with two attached hydrogens (primary N) is 1. The van der Waals surface area contributed by atoms with E-state index in [1.165, 1.54) is 31.2 Å². The summed E-state index contributed by atoms with van der Waals surface area (Å²) in [6, 6.07) is 13.5. The highest BCUT2D eigenvalue weighted by atomic mass is 16.5. The van der Waals surface area contributed by atoms with Crippen LogP contribution in [-0.4, -0.2) is 36.3 Å². The molecule has 1 fully saturated rings. The molecule has 1 heterocycles. The summed E-state index contributed by atoms with van der Waals surface area (Å²) >= 11 is 0. The van der Waals surface area contributed by atoms with Crippen LogP contribution in [0.1, 0.15) is 29.3 Å². The second-order valence-corrected chi connectivity index (χ2v) is 7.25. The highest BCUT2D eigenvalue weighted by Crippen LogP contribution is 2.26. The van der Waals surface area contributed by atoms with Crippen LogP contribution in [-0.2, 0) is 19.1 Å². The number of primary amides is 1. The van der Waals surface area contributed by atoms with E-state index in [0.29, 0.717) is 11.3 Å². The van der Waals surface area contributed by atoms with Crippen LogP contribution in [0.15, 0.2) is 48.5 Å². The van der Waals surface area contributed by atoms with Gasteiger partial charge in [0.15, 0.2) is 6.10 Å². The number of rotatable bonds is 6. The fourth-order valence-electron chi connectivity index (χ4n) is 3.13. The van der Waals surface area contributed by atoms with E-state index in [9.17, 15) is 19.2 Å². The highest BCUT2D eigenvalue weighted by Gasteiger charge is 2.37. The number of benzene rings is 2. The van der Waals surface area contributed by atoms with Gasteiger partial charge < -0.3 is 20.7 Å². The Morgan fingerprint density at radius 2 is 1.73 bits per heavy atom. The normalized spacial score (nSPS) is 16.8. The molecule has 8 nitrogen and oxygen atoms in total. The van der Waals surface area contributed by atoms with Crippen molar-refractivity contribution < 1.29 is 23.9 Å². The predicted molar refractivity (Wildman–Crippen MR) is 111 cm³/mol. The number of hydrogen-bond donors (Lipinski definition) is 2. The Balaban J connectivity index is 1.55. The lowest BCUT2D eigenvalue weighted by Crippen LogP contribution is -2.33. The Bertz CT molecular complexity index is 969. The third-order valence-corrected chi connectivity index (χ3v) is 4.90. The molecule has 0 aromatic heterocycles. The summed E-state index contributed by atoms with van der Waals surface area (Å²) in [5.41, 5.74) is 7.74. The third kappa shape index (κ3) is 4.83. The van der Waals surface area contributed by atoms with Gasteiger partial charge in [0, 0.05) is 29.9 Å². The predicted octanol–water partition coefficient (Wildman–Crippen LogP) is 2.02. The second kappa shape index (κ2) is 8.77. The fourth-order valence-corrected chi connectivity index (χ4v) is 3.13. The van der Waals surface area contributed by atoms with Crippen LogP contribution in [0.4, 0.5) is 11.4 Å². The van der Waals surface area contributed by atoms with Crippen molar-refractivity contribution in [2.45, 2.75) is 26.4 Å². The average Bonchev–Trinajstić information content (AvgIpc) is 3.10. The van der Waals surface area contributed by atoms with E-state index in [0.717, 1.165) is 11.3 Å². The van der Waals surface area contributed by atoms with Gasteiger partial charge in [-0.15, -0.1) is 0 Å². The van der Waals surface area contributed by atoms with Gasteiger partial charge in [-0.1, -0.05) is 17.7 Å². The maximum absolute atomic E-state index is 12.5. The van der Waals surface area contributed by atoms with E-state index >= 15 is 0 Å². The highest BCUT2D eigenvalue weighted by molar-refractivity contribution is 6.00. The number of nitrogens with one attached hydrogen (secondary N) is 1. The molecule has 8 heteroatoms. The molecular formula is C22H23N3O5. The minimum Gasteiger partial charge on any atom is -0.452 e. The van der Waals surface area contributed by atoms with Gasteiger partial charge in [0.25, 0.3) is 5.91 Å². The lowest BCUT2D eigenvalue weighted by molar-refractivity contribution is -0.157. The van der Waals surface area contributed by atoms with E-state index in [1.54, 1.807) is 4.90 Å². The molecule has 2 aromatic carbocycles. The quantitative estimate of drug-likeness (QED) is 0.708. The summed E-state index contributed by atoms with van der Waals surface area (Å²) in [6.07, 6.45) is -1.01. The van der Waals surface area contributed by atoms with Crippen LogP contribution < -0.4 is 16.0 Å². The summed E-state index contributed by atoms with van der Waals surface area (Å²) in [5, 5.41) is 2.61. The number of carbonyl (C=O) groups excluding carboxylic acids is 4. The molecule has 2 aromatic rings. The number of esters is 1. The summed E-state index contributed by atoms with van der Waals surface area (Å²) in [7, 11) is 0. The van der Waals surface area contributed by atoms with Gasteiger partial charge in [0.1, 0.15) is 0 Å². The van der Waals surface area contributed by atoms with Gasteiger partial charge in [-0.25, -0.2) is 0 Å². The Kier molecular flexibility index (Phi) is 6.15. The number of nitrogens with zero attached hydrogens (tertiary/aromatic N) is 1. The minimum absolute atomic E-state index is 0.0373. The summed E-state index contributed by atoms with van der Waals surface area (Å²) < 4.78 is 5.28. The number of hydrogen-bond acceptors (Lipinski definition) is 5. The Morgan fingerprint density at radius 3 is 2.33 bits per heavy atom. The molecule has 1 aliphatic rings. The van der Waals surface area contributed by atoms with E-state index in [2.05, 4.69) is 5.32 Å². The van der Waals surface area contributed by atoms with Crippen LogP contribution in [0.2, 0.25) is 0 Å². The van der Waals surface area contributed by atoms with Gasteiger partial charge in [-0.05, 0) is 50.2 Å². The molecule has 0 spiro atoms. The lowest BCUT2D eigenvalue weighted by Gasteiger charge is -2.18. The van der Waals surface area contributed by atoms with Crippen molar-refractivity contribution in [3.05, 3.63) is 59.7 Å². The number of aryl methyl sites for hydroxylation is 1.